The molecule has 0 atom stereocenters. The molecule has 1 aliphatic rings. The first-order chi connectivity index (χ1) is 10.2. The lowest BCUT2D eigenvalue weighted by molar-refractivity contribution is -0.118. The van der Waals surface area contributed by atoms with Gasteiger partial charge in [0.15, 0.2) is 0 Å². The van der Waals surface area contributed by atoms with Crippen molar-refractivity contribution in [3.63, 3.8) is 0 Å². The van der Waals surface area contributed by atoms with E-state index >= 15 is 0 Å². The second-order valence-electron chi connectivity index (χ2n) is 5.60. The third kappa shape index (κ3) is 3.09. The monoisotopic (exact) mass is 316 g/mol. The molecule has 1 heterocycles. The summed E-state index contributed by atoms with van der Waals surface area (Å²) in [6.07, 6.45) is 2.37. The van der Waals surface area contributed by atoms with Gasteiger partial charge in [-0.2, -0.15) is 0 Å². The topological polar surface area (TPSA) is 46.3 Å². The maximum atomic E-state index is 12.7. The highest BCUT2D eigenvalue weighted by atomic mass is 35.5. The summed E-state index contributed by atoms with van der Waals surface area (Å²) in [4.78, 5) is 14.6. The quantitative estimate of drug-likeness (QED) is 0.862. The molecule has 2 aromatic rings. The molecule has 0 saturated carbocycles. The molecular formula is C18H21ClN2O. The number of halogens is 1. The van der Waals surface area contributed by atoms with Crippen LogP contribution in [0.1, 0.15) is 23.1 Å². The zero-order chi connectivity index (χ0) is 14.8. The predicted octanol–water partition coefficient (Wildman–Crippen LogP) is 3.52. The average molecular weight is 317 g/mol. The second-order valence-corrected chi connectivity index (χ2v) is 5.60. The first kappa shape index (κ1) is 16.4. The van der Waals surface area contributed by atoms with Gasteiger partial charge in [0.2, 0.25) is 5.91 Å². The third-order valence-electron chi connectivity index (χ3n) is 4.19. The molecule has 0 bridgehead atoms. The summed E-state index contributed by atoms with van der Waals surface area (Å²) in [6, 6.07) is 13.9. The summed E-state index contributed by atoms with van der Waals surface area (Å²) in [7, 11) is 0. The van der Waals surface area contributed by atoms with Gasteiger partial charge in [-0.15, -0.1) is 12.4 Å². The molecule has 0 saturated heterocycles. The fourth-order valence-electron chi connectivity index (χ4n) is 2.98. The Bertz CT molecular complexity index is 685. The Hall–Kier alpha value is -2.00. The van der Waals surface area contributed by atoms with Crippen molar-refractivity contribution in [2.45, 2.75) is 26.2 Å². The van der Waals surface area contributed by atoms with Crippen LogP contribution in [0.4, 0.5) is 11.4 Å². The van der Waals surface area contributed by atoms with Crippen LogP contribution in [-0.4, -0.2) is 12.5 Å². The van der Waals surface area contributed by atoms with E-state index in [9.17, 15) is 4.79 Å². The summed E-state index contributed by atoms with van der Waals surface area (Å²) in [5, 5.41) is 0. The van der Waals surface area contributed by atoms with Crippen LogP contribution in [0.3, 0.4) is 0 Å². The summed E-state index contributed by atoms with van der Waals surface area (Å²) >= 11 is 0. The van der Waals surface area contributed by atoms with Gasteiger partial charge in [-0.25, -0.2) is 0 Å². The maximum Gasteiger partial charge on any atom is 0.231 e. The highest BCUT2D eigenvalue weighted by molar-refractivity contribution is 5.96. The standard InChI is InChI=1S/C18H20N2O.ClH/c1-13-6-2-3-7-14(13)12-18(21)20-11-5-8-15-16(19)9-4-10-17(15)20;/h2-4,6-7,9-10H,5,8,11-12,19H2,1H3;1H. The number of nitrogens with zero attached hydrogens (tertiary/aromatic N) is 1. The van der Waals surface area contributed by atoms with E-state index in [0.717, 1.165) is 47.5 Å². The SMILES string of the molecule is Cc1ccccc1CC(=O)N1CCCc2c(N)cccc21.Cl. The van der Waals surface area contributed by atoms with Crippen molar-refractivity contribution in [1.82, 2.24) is 0 Å². The first-order valence-electron chi connectivity index (χ1n) is 7.39. The molecule has 3 nitrogen and oxygen atoms in total. The van der Waals surface area contributed by atoms with Gasteiger partial charge >= 0.3 is 0 Å². The van der Waals surface area contributed by atoms with Gasteiger partial charge < -0.3 is 10.6 Å². The maximum absolute atomic E-state index is 12.7. The van der Waals surface area contributed by atoms with E-state index in [4.69, 9.17) is 5.73 Å². The van der Waals surface area contributed by atoms with E-state index in [2.05, 4.69) is 0 Å². The van der Waals surface area contributed by atoms with Crippen molar-refractivity contribution in [3.05, 3.63) is 59.2 Å². The van der Waals surface area contributed by atoms with Gasteiger partial charge in [-0.05, 0) is 48.6 Å². The Kier molecular flexibility index (Phi) is 5.09. The van der Waals surface area contributed by atoms with Crippen LogP contribution in [0.2, 0.25) is 0 Å². The lowest BCUT2D eigenvalue weighted by atomic mass is 9.98. The number of fused-ring (bicyclic) bond motifs is 1. The fraction of sp³-hybridized carbons (Fsp3) is 0.278. The normalized spacial score (nSPS) is 13.2. The van der Waals surface area contributed by atoms with Crippen LogP contribution in [0.15, 0.2) is 42.5 Å². The Labute approximate surface area is 137 Å². The third-order valence-corrected chi connectivity index (χ3v) is 4.19. The Morgan fingerprint density at radius 3 is 2.73 bits per heavy atom. The number of hydrogen-bond donors (Lipinski definition) is 1. The summed E-state index contributed by atoms with van der Waals surface area (Å²) in [5.74, 6) is 0.149. The van der Waals surface area contributed by atoms with E-state index in [1.54, 1.807) is 0 Å². The van der Waals surface area contributed by atoms with Gasteiger partial charge in [-0.3, -0.25) is 4.79 Å². The van der Waals surface area contributed by atoms with E-state index in [1.807, 2.05) is 54.3 Å². The molecule has 4 heteroatoms. The molecule has 1 aliphatic heterocycles. The molecule has 2 aromatic carbocycles. The average Bonchev–Trinajstić information content (AvgIpc) is 2.49. The molecule has 0 aromatic heterocycles. The minimum Gasteiger partial charge on any atom is -0.398 e. The number of nitrogens with two attached hydrogens (primary N) is 1. The van der Waals surface area contributed by atoms with Gasteiger partial charge in [0.05, 0.1) is 6.42 Å². The summed E-state index contributed by atoms with van der Waals surface area (Å²) in [5.41, 5.74) is 11.2. The summed E-state index contributed by atoms with van der Waals surface area (Å²) in [6.45, 7) is 2.83. The summed E-state index contributed by atoms with van der Waals surface area (Å²) < 4.78 is 0. The smallest absolute Gasteiger partial charge is 0.231 e. The number of carbonyl (C=O) groups excluding carboxylic acids is 1. The van der Waals surface area contributed by atoms with E-state index in [0.29, 0.717) is 6.42 Å². The molecule has 116 valence electrons. The number of aryl methyl sites for hydroxylation is 1. The predicted molar refractivity (Wildman–Crippen MR) is 93.7 cm³/mol. The molecule has 0 radical (unpaired) electrons. The van der Waals surface area contributed by atoms with Gasteiger partial charge in [0.1, 0.15) is 0 Å². The lowest BCUT2D eigenvalue weighted by Gasteiger charge is -2.30. The zero-order valence-corrected chi connectivity index (χ0v) is 13.5. The number of hydrogen-bond acceptors (Lipinski definition) is 2. The second kappa shape index (κ2) is 6.84. The highest BCUT2D eigenvalue weighted by Gasteiger charge is 2.23. The largest absolute Gasteiger partial charge is 0.398 e. The van der Waals surface area contributed by atoms with Crippen LogP contribution in [0.5, 0.6) is 0 Å². The fourth-order valence-corrected chi connectivity index (χ4v) is 2.98. The Balaban J connectivity index is 0.00000176. The van der Waals surface area contributed by atoms with Crippen molar-refractivity contribution in [2.24, 2.45) is 0 Å². The molecule has 1 amide bonds. The molecule has 0 aliphatic carbocycles. The van der Waals surface area contributed by atoms with E-state index in [-0.39, 0.29) is 18.3 Å². The first-order valence-corrected chi connectivity index (χ1v) is 7.39. The molecule has 0 unspecified atom stereocenters. The van der Waals surface area contributed by atoms with Crippen molar-refractivity contribution >= 4 is 29.7 Å². The minimum atomic E-state index is 0. The van der Waals surface area contributed by atoms with Crippen LogP contribution in [-0.2, 0) is 17.6 Å². The Morgan fingerprint density at radius 1 is 1.18 bits per heavy atom. The number of nitrogen functional groups attached to an aromatic ring is 1. The van der Waals surface area contributed by atoms with Gasteiger partial charge in [0, 0.05) is 17.9 Å². The van der Waals surface area contributed by atoms with Crippen LogP contribution in [0.25, 0.3) is 0 Å². The van der Waals surface area contributed by atoms with Crippen molar-refractivity contribution in [2.75, 3.05) is 17.2 Å². The van der Waals surface area contributed by atoms with Crippen molar-refractivity contribution < 1.29 is 4.79 Å². The molecule has 22 heavy (non-hydrogen) atoms. The zero-order valence-electron chi connectivity index (χ0n) is 12.7. The van der Waals surface area contributed by atoms with E-state index in [1.165, 1.54) is 0 Å². The van der Waals surface area contributed by atoms with Gasteiger partial charge in [0.25, 0.3) is 0 Å². The molecule has 2 N–H and O–H groups in total. The molecule has 3 rings (SSSR count). The van der Waals surface area contributed by atoms with Gasteiger partial charge in [-0.1, -0.05) is 30.3 Å². The Morgan fingerprint density at radius 2 is 1.95 bits per heavy atom. The molecule has 0 fully saturated rings. The van der Waals surface area contributed by atoms with E-state index < -0.39 is 0 Å². The van der Waals surface area contributed by atoms with Crippen LogP contribution < -0.4 is 10.6 Å². The number of carbonyl (C=O) groups is 1. The highest BCUT2D eigenvalue weighted by Crippen LogP contribution is 2.31. The van der Waals surface area contributed by atoms with Crippen LogP contribution in [0, 0.1) is 6.92 Å². The van der Waals surface area contributed by atoms with Crippen molar-refractivity contribution in [1.29, 1.82) is 0 Å². The number of amides is 1. The lowest BCUT2D eigenvalue weighted by Crippen LogP contribution is -2.36. The number of benzene rings is 2. The number of rotatable bonds is 2. The van der Waals surface area contributed by atoms with Crippen molar-refractivity contribution in [3.8, 4) is 0 Å². The number of anilines is 2. The minimum absolute atomic E-state index is 0. The van der Waals surface area contributed by atoms with Crippen LogP contribution >= 0.6 is 12.4 Å². The molecule has 0 spiro atoms. The molecular weight excluding hydrogens is 296 g/mol.